The molecular weight excluding hydrogens is 113 g/mol. The molecular formula is C5H6KN. The fourth-order valence-electron chi connectivity index (χ4n) is 0.370. The van der Waals surface area contributed by atoms with Crippen molar-refractivity contribution >= 4 is 0 Å². The fourth-order valence-corrected chi connectivity index (χ4v) is 0.370. The van der Waals surface area contributed by atoms with Crippen molar-refractivity contribution in [1.82, 2.24) is 4.57 Å². The quantitative estimate of drug-likeness (QED) is 0.278. The molecule has 0 atom stereocenters. The van der Waals surface area contributed by atoms with Crippen LogP contribution in [0, 0.1) is 7.05 Å². The third-order valence-corrected chi connectivity index (χ3v) is 0.666. The number of nitrogens with zero attached hydrogens (tertiary/aromatic N) is 1. The molecule has 1 heterocycles. The van der Waals surface area contributed by atoms with Crippen LogP contribution in [-0.4, -0.2) is 4.57 Å². The summed E-state index contributed by atoms with van der Waals surface area (Å²) in [5.41, 5.74) is 0. The van der Waals surface area contributed by atoms with Gasteiger partial charge in [-0.05, 0) is 0 Å². The van der Waals surface area contributed by atoms with Gasteiger partial charge in [0.25, 0.3) is 0 Å². The van der Waals surface area contributed by atoms with Crippen molar-refractivity contribution in [2.45, 2.75) is 0 Å². The summed E-state index contributed by atoms with van der Waals surface area (Å²) in [5.74, 6) is 0. The molecule has 0 saturated carbocycles. The first-order valence-corrected chi connectivity index (χ1v) is 1.83. The van der Waals surface area contributed by atoms with Gasteiger partial charge in [0.1, 0.15) is 0 Å². The fraction of sp³-hybridized carbons (Fsp3) is 0. The molecule has 0 N–H and O–H groups in total. The van der Waals surface area contributed by atoms with E-state index in [0.717, 1.165) is 0 Å². The van der Waals surface area contributed by atoms with Crippen LogP contribution in [0.15, 0.2) is 24.5 Å². The van der Waals surface area contributed by atoms with Gasteiger partial charge in [-0.2, -0.15) is 0 Å². The van der Waals surface area contributed by atoms with Crippen LogP contribution in [0.5, 0.6) is 0 Å². The van der Waals surface area contributed by atoms with E-state index in [-0.39, 0.29) is 51.4 Å². The van der Waals surface area contributed by atoms with Crippen LogP contribution >= 0.6 is 0 Å². The third kappa shape index (κ3) is 2.56. The Morgan fingerprint density at radius 1 is 1.14 bits per heavy atom. The summed E-state index contributed by atoms with van der Waals surface area (Å²) in [6.07, 6.45) is 3.78. The Balaban J connectivity index is 0.000000360. The average molecular weight is 119 g/mol. The molecule has 0 amide bonds. The maximum Gasteiger partial charge on any atom is 1.00 e. The molecule has 1 nitrogen and oxygen atoms in total. The van der Waals surface area contributed by atoms with Crippen LogP contribution in [0.1, 0.15) is 0 Å². The van der Waals surface area contributed by atoms with Crippen LogP contribution in [0.3, 0.4) is 0 Å². The molecule has 0 aliphatic carbocycles. The topological polar surface area (TPSA) is 4.93 Å². The van der Waals surface area contributed by atoms with Crippen LogP contribution in [0.25, 0.3) is 0 Å². The number of rotatable bonds is 0. The minimum atomic E-state index is 0. The van der Waals surface area contributed by atoms with Gasteiger partial charge in [-0.1, -0.05) is 0 Å². The minimum absolute atomic E-state index is 0. The molecule has 1 aromatic heterocycles. The molecule has 0 aromatic carbocycles. The van der Waals surface area contributed by atoms with Crippen molar-refractivity contribution in [2.75, 3.05) is 0 Å². The zero-order chi connectivity index (χ0) is 4.41. The maximum absolute atomic E-state index is 3.60. The summed E-state index contributed by atoms with van der Waals surface area (Å²) in [6.45, 7) is 0. The van der Waals surface area contributed by atoms with Crippen molar-refractivity contribution in [3.8, 4) is 0 Å². The van der Waals surface area contributed by atoms with Gasteiger partial charge in [0.05, 0.1) is 0 Å². The van der Waals surface area contributed by atoms with E-state index in [1.54, 1.807) is 4.57 Å². The first kappa shape index (κ1) is 7.79. The Hall–Kier alpha value is 0.786. The van der Waals surface area contributed by atoms with E-state index >= 15 is 0 Å². The van der Waals surface area contributed by atoms with E-state index < -0.39 is 0 Å². The normalized spacial score (nSPS) is 7.43. The minimum Gasteiger partial charge on any atom is -0.493 e. The molecule has 0 bridgehead atoms. The second-order valence-electron chi connectivity index (χ2n) is 1.20. The molecule has 0 saturated heterocycles. The Kier molecular flexibility index (Phi) is 4.17. The zero-order valence-electron chi connectivity index (χ0n) is 4.46. The standard InChI is InChI=1S/C5H6N.K/c1-6-4-2-3-5-6;/h2-5H,1H2;/q-1;+1. The maximum atomic E-state index is 3.60. The Bertz CT molecular complexity index is 112. The predicted octanol–water partition coefficient (Wildman–Crippen LogP) is -1.87. The van der Waals surface area contributed by atoms with Crippen molar-refractivity contribution in [2.24, 2.45) is 0 Å². The molecule has 0 fully saturated rings. The van der Waals surface area contributed by atoms with Crippen LogP contribution in [-0.2, 0) is 0 Å². The summed E-state index contributed by atoms with van der Waals surface area (Å²) >= 11 is 0. The van der Waals surface area contributed by atoms with Crippen LogP contribution in [0.4, 0.5) is 0 Å². The Morgan fingerprint density at radius 2 is 1.57 bits per heavy atom. The molecule has 2 heteroatoms. The molecule has 7 heavy (non-hydrogen) atoms. The van der Waals surface area contributed by atoms with E-state index in [0.29, 0.717) is 0 Å². The van der Waals surface area contributed by atoms with Gasteiger partial charge in [-0.3, -0.25) is 0 Å². The van der Waals surface area contributed by atoms with Gasteiger partial charge in [0, 0.05) is 0 Å². The first-order valence-electron chi connectivity index (χ1n) is 1.83. The van der Waals surface area contributed by atoms with Crippen molar-refractivity contribution in [3.05, 3.63) is 31.6 Å². The second kappa shape index (κ2) is 3.75. The summed E-state index contributed by atoms with van der Waals surface area (Å²) in [5, 5.41) is 0. The summed E-state index contributed by atoms with van der Waals surface area (Å²) in [6, 6.07) is 3.88. The number of aromatic nitrogens is 1. The number of hydrogen-bond donors (Lipinski definition) is 0. The molecule has 1 rings (SSSR count). The summed E-state index contributed by atoms with van der Waals surface area (Å²) in [4.78, 5) is 0. The van der Waals surface area contributed by atoms with E-state index in [1.165, 1.54) is 0 Å². The van der Waals surface area contributed by atoms with Crippen LogP contribution < -0.4 is 51.4 Å². The van der Waals surface area contributed by atoms with Gasteiger partial charge < -0.3 is 4.57 Å². The van der Waals surface area contributed by atoms with Gasteiger partial charge in [-0.25, -0.2) is 0 Å². The first-order chi connectivity index (χ1) is 2.89. The third-order valence-electron chi connectivity index (χ3n) is 0.666. The molecule has 32 valence electrons. The van der Waals surface area contributed by atoms with E-state index in [1.807, 2.05) is 24.5 Å². The van der Waals surface area contributed by atoms with Gasteiger partial charge >= 0.3 is 51.4 Å². The van der Waals surface area contributed by atoms with Gasteiger partial charge in [0.2, 0.25) is 0 Å². The van der Waals surface area contributed by atoms with Gasteiger partial charge in [0.15, 0.2) is 0 Å². The van der Waals surface area contributed by atoms with E-state index in [9.17, 15) is 0 Å². The van der Waals surface area contributed by atoms with Crippen LogP contribution in [0.2, 0.25) is 0 Å². The van der Waals surface area contributed by atoms with Crippen molar-refractivity contribution < 1.29 is 51.4 Å². The smallest absolute Gasteiger partial charge is 0.493 e. The Morgan fingerprint density at radius 3 is 1.71 bits per heavy atom. The monoisotopic (exact) mass is 119 g/mol. The molecule has 0 radical (unpaired) electrons. The predicted molar refractivity (Wildman–Crippen MR) is 25.2 cm³/mol. The molecule has 0 aliphatic heterocycles. The van der Waals surface area contributed by atoms with Crippen molar-refractivity contribution in [3.63, 3.8) is 0 Å². The SMILES string of the molecule is [CH2-]n1cccc1.[K+]. The van der Waals surface area contributed by atoms with Crippen molar-refractivity contribution in [1.29, 1.82) is 0 Å². The summed E-state index contributed by atoms with van der Waals surface area (Å²) in [7, 11) is 3.60. The number of hydrogen-bond acceptors (Lipinski definition) is 0. The molecule has 1 aromatic rings. The van der Waals surface area contributed by atoms with Gasteiger partial charge in [-0.15, -0.1) is 31.6 Å². The molecule has 0 aliphatic rings. The summed E-state index contributed by atoms with van der Waals surface area (Å²) < 4.78 is 1.75. The largest absolute Gasteiger partial charge is 1.00 e. The Labute approximate surface area is 86.1 Å². The van der Waals surface area contributed by atoms with E-state index in [4.69, 9.17) is 0 Å². The van der Waals surface area contributed by atoms with E-state index in [2.05, 4.69) is 7.05 Å². The molecule has 0 spiro atoms. The average Bonchev–Trinajstić information content (AvgIpc) is 1.86. The second-order valence-corrected chi connectivity index (χ2v) is 1.20. The molecule has 0 unspecified atom stereocenters. The zero-order valence-corrected chi connectivity index (χ0v) is 7.59.